The van der Waals surface area contributed by atoms with Crippen LogP contribution in [0, 0.1) is 0 Å². The van der Waals surface area contributed by atoms with Crippen LogP contribution in [0.4, 0.5) is 23.1 Å². The average molecular weight is 663 g/mol. The molecule has 0 unspecified atom stereocenters. The second-order valence-electron chi connectivity index (χ2n) is 10.9. The van der Waals surface area contributed by atoms with Gasteiger partial charge in [0.2, 0.25) is 5.95 Å². The smallest absolute Gasteiger partial charge is 0.229 e. The van der Waals surface area contributed by atoms with Gasteiger partial charge in [-0.25, -0.2) is 4.98 Å². The molecular weight excluding hydrogens is 629 g/mol. The molecule has 0 radical (unpaired) electrons. The third kappa shape index (κ3) is 6.13. The third-order valence-electron chi connectivity index (χ3n) is 7.56. The number of methoxy groups -OCH3 is 1. The topological polar surface area (TPSA) is 132 Å². The first-order chi connectivity index (χ1) is 20.7. The van der Waals surface area contributed by atoms with Crippen molar-refractivity contribution in [2.45, 2.75) is 18.8 Å². The minimum atomic E-state index is -2.75. The summed E-state index contributed by atoms with van der Waals surface area (Å²) in [6.45, 7) is 5.42. The van der Waals surface area contributed by atoms with E-state index in [4.69, 9.17) is 9.72 Å². The van der Waals surface area contributed by atoms with Crippen LogP contribution in [0.15, 0.2) is 59.7 Å². The Kier molecular flexibility index (Phi) is 8.17. The Morgan fingerprint density at radius 2 is 1.84 bits per heavy atom. The molecule has 1 fully saturated rings. The van der Waals surface area contributed by atoms with Gasteiger partial charge in [0.15, 0.2) is 0 Å². The maximum atomic E-state index is 13.4. The van der Waals surface area contributed by atoms with Gasteiger partial charge in [-0.15, -0.1) is 0 Å². The van der Waals surface area contributed by atoms with Crippen molar-refractivity contribution in [3.63, 3.8) is 0 Å². The van der Waals surface area contributed by atoms with Crippen LogP contribution in [0.25, 0.3) is 22.2 Å². The number of hydrogen-bond acceptors (Lipinski definition) is 10. The molecule has 3 aromatic heterocycles. The van der Waals surface area contributed by atoms with Crippen molar-refractivity contribution in [1.29, 1.82) is 0 Å². The molecule has 1 aliphatic heterocycles. The van der Waals surface area contributed by atoms with Crippen molar-refractivity contribution < 1.29 is 9.30 Å². The van der Waals surface area contributed by atoms with Crippen molar-refractivity contribution >= 4 is 62.6 Å². The highest BCUT2D eigenvalue weighted by Crippen LogP contribution is 2.43. The van der Waals surface area contributed by atoms with Crippen molar-refractivity contribution in [2.75, 3.05) is 44.2 Å². The molecule has 5 aromatic rings. The molecule has 1 saturated heterocycles. The van der Waals surface area contributed by atoms with Crippen LogP contribution in [0.1, 0.15) is 24.3 Å². The average Bonchev–Trinajstić information content (AvgIpc) is 3.44. The van der Waals surface area contributed by atoms with E-state index in [1.807, 2.05) is 36.3 Å². The van der Waals surface area contributed by atoms with Crippen LogP contribution in [0.3, 0.4) is 0 Å². The fraction of sp³-hybridized carbons (Fsp3) is 0.300. The number of halogens is 1. The van der Waals surface area contributed by atoms with E-state index in [2.05, 4.69) is 64.1 Å². The molecule has 0 aliphatic carbocycles. The van der Waals surface area contributed by atoms with Crippen LogP contribution < -0.4 is 26.0 Å². The van der Waals surface area contributed by atoms with Crippen molar-refractivity contribution in [3.05, 3.63) is 65.3 Å². The molecule has 11 nitrogen and oxygen atoms in total. The van der Waals surface area contributed by atoms with Gasteiger partial charge in [0.25, 0.3) is 0 Å². The maximum absolute atomic E-state index is 13.4. The van der Waals surface area contributed by atoms with Crippen LogP contribution >= 0.6 is 23.1 Å². The first kappa shape index (κ1) is 29.2. The van der Waals surface area contributed by atoms with Gasteiger partial charge in [0.05, 0.1) is 40.0 Å². The Morgan fingerprint density at radius 3 is 2.56 bits per heavy atom. The van der Waals surface area contributed by atoms with Gasteiger partial charge in [0.1, 0.15) is 24.2 Å². The summed E-state index contributed by atoms with van der Waals surface area (Å²) >= 11 is 3.57. The molecule has 4 heterocycles. The third-order valence-corrected chi connectivity index (χ3v) is 9.67. The highest BCUT2D eigenvalue weighted by molar-refractivity contribution is 9.10. The Balaban J connectivity index is 1.38. The number of nitrogens with one attached hydrogen (secondary N) is 3. The molecular formula is C30H33BrN9O2P. The summed E-state index contributed by atoms with van der Waals surface area (Å²) in [7, 11) is 0.844. The minimum absolute atomic E-state index is 0.370. The zero-order valence-electron chi connectivity index (χ0n) is 24.4. The van der Waals surface area contributed by atoms with Crippen molar-refractivity contribution in [3.8, 4) is 16.9 Å². The Bertz CT molecular complexity index is 1850. The lowest BCUT2D eigenvalue weighted by molar-refractivity contribution is 0.413. The number of nitrogens with zero attached hydrogens (tertiary/aromatic N) is 6. The van der Waals surface area contributed by atoms with Crippen LogP contribution in [-0.4, -0.2) is 63.2 Å². The van der Waals surface area contributed by atoms with E-state index < -0.39 is 7.14 Å². The number of aryl methyl sites for hydroxylation is 1. The van der Waals surface area contributed by atoms with Crippen molar-refractivity contribution in [1.82, 2.24) is 35.0 Å². The predicted molar refractivity (Wildman–Crippen MR) is 175 cm³/mol. The maximum Gasteiger partial charge on any atom is 0.229 e. The van der Waals surface area contributed by atoms with Crippen molar-refractivity contribution in [2.24, 2.45) is 7.05 Å². The number of rotatable bonds is 8. The first-order valence-electron chi connectivity index (χ1n) is 14.0. The first-order valence-corrected chi connectivity index (χ1v) is 17.4. The lowest BCUT2D eigenvalue weighted by Gasteiger charge is -2.26. The Hall–Kier alpha value is -3.86. The highest BCUT2D eigenvalue weighted by Gasteiger charge is 2.24. The predicted octanol–water partition coefficient (Wildman–Crippen LogP) is 5.79. The zero-order chi connectivity index (χ0) is 30.1. The summed E-state index contributed by atoms with van der Waals surface area (Å²) in [5.41, 5.74) is 6.05. The van der Waals surface area contributed by atoms with E-state index in [1.54, 1.807) is 39.0 Å². The van der Waals surface area contributed by atoms with Gasteiger partial charge >= 0.3 is 0 Å². The van der Waals surface area contributed by atoms with E-state index in [1.165, 1.54) is 5.56 Å². The zero-order valence-corrected chi connectivity index (χ0v) is 26.9. The van der Waals surface area contributed by atoms with E-state index in [0.29, 0.717) is 49.9 Å². The second kappa shape index (κ2) is 12.0. The molecule has 1 aliphatic rings. The second-order valence-corrected chi connectivity index (χ2v) is 14.9. The minimum Gasteiger partial charge on any atom is -0.495 e. The molecule has 0 atom stereocenters. The van der Waals surface area contributed by atoms with Gasteiger partial charge in [-0.2, -0.15) is 10.1 Å². The molecule has 0 bridgehead atoms. The van der Waals surface area contributed by atoms with Gasteiger partial charge in [-0.1, -0.05) is 0 Å². The number of aromatic nitrogens is 6. The molecule has 0 saturated carbocycles. The summed E-state index contributed by atoms with van der Waals surface area (Å²) in [6, 6.07) is 7.93. The molecule has 6 rings (SSSR count). The van der Waals surface area contributed by atoms with E-state index in [9.17, 15) is 4.57 Å². The quantitative estimate of drug-likeness (QED) is 0.175. The molecule has 0 amide bonds. The molecule has 2 aromatic carbocycles. The standard InChI is InChI=1S/C30H33BrN9O2P/c1-40-17-19(15-36-40)20-13-25(26(42-2)14-21(20)18-7-9-32-10-8-18)38-30-35-16-22(31)29(39-30)37-24-6-5-23-27(34-12-11-33-23)28(24)43(3,4)41/h5-6,11-18,32H,7-10H2,1-4H3,(H2,35,37,38,39). The largest absolute Gasteiger partial charge is 0.495 e. The molecule has 0 spiro atoms. The fourth-order valence-electron chi connectivity index (χ4n) is 5.57. The highest BCUT2D eigenvalue weighted by atomic mass is 79.9. The Morgan fingerprint density at radius 1 is 1.05 bits per heavy atom. The molecule has 13 heteroatoms. The lowest BCUT2D eigenvalue weighted by atomic mass is 9.85. The van der Waals surface area contributed by atoms with E-state index in [0.717, 1.165) is 42.7 Å². The summed E-state index contributed by atoms with van der Waals surface area (Å²) in [5, 5.41) is 15.2. The van der Waals surface area contributed by atoms with E-state index >= 15 is 0 Å². The monoisotopic (exact) mass is 661 g/mol. The molecule has 3 N–H and O–H groups in total. The van der Waals surface area contributed by atoms with Gasteiger partial charge in [-0.05, 0) is 96.5 Å². The van der Waals surface area contributed by atoms with Gasteiger partial charge in [-0.3, -0.25) is 14.6 Å². The number of ether oxygens (including phenoxy) is 1. The van der Waals surface area contributed by atoms with Crippen LogP contribution in [0.2, 0.25) is 0 Å². The van der Waals surface area contributed by atoms with E-state index in [-0.39, 0.29) is 0 Å². The molecule has 222 valence electrons. The van der Waals surface area contributed by atoms with Crippen LogP contribution in [0.5, 0.6) is 5.75 Å². The summed E-state index contributed by atoms with van der Waals surface area (Å²) in [4.78, 5) is 18.2. The van der Waals surface area contributed by atoms with Gasteiger partial charge in [0, 0.05) is 37.4 Å². The number of piperidine rings is 1. The number of hydrogen-bond donors (Lipinski definition) is 3. The van der Waals surface area contributed by atoms with Crippen LogP contribution in [-0.2, 0) is 11.6 Å². The fourth-order valence-corrected chi connectivity index (χ4v) is 7.26. The number of anilines is 4. The lowest BCUT2D eigenvalue weighted by Crippen LogP contribution is -2.27. The number of fused-ring (bicyclic) bond motifs is 1. The SMILES string of the molecule is COc1cc(C2CCNCC2)c(-c2cnn(C)c2)cc1Nc1ncc(Br)c(Nc2ccc3nccnc3c2P(C)(C)=O)n1. The summed E-state index contributed by atoms with van der Waals surface area (Å²) < 4.78 is 21.7. The summed E-state index contributed by atoms with van der Waals surface area (Å²) in [5.74, 6) is 1.99. The summed E-state index contributed by atoms with van der Waals surface area (Å²) in [6.07, 6.45) is 10.9. The normalized spacial score (nSPS) is 14.2. The van der Waals surface area contributed by atoms with Gasteiger partial charge < -0.3 is 25.3 Å². The molecule has 43 heavy (non-hydrogen) atoms. The Labute approximate surface area is 258 Å². The number of benzene rings is 2.